The number of carbonyl (C=O) groups is 1. The first-order chi connectivity index (χ1) is 11.8. The fourth-order valence-corrected chi connectivity index (χ4v) is 4.57. The van der Waals surface area contributed by atoms with Gasteiger partial charge in [0, 0.05) is 28.2 Å². The lowest BCUT2D eigenvalue weighted by molar-refractivity contribution is -0.118. The molecule has 8 heteroatoms. The molecular weight excluding hydrogens is 472 g/mol. The van der Waals surface area contributed by atoms with Crippen molar-refractivity contribution in [2.24, 2.45) is 0 Å². The van der Waals surface area contributed by atoms with Crippen LogP contribution in [0.5, 0.6) is 0 Å². The van der Waals surface area contributed by atoms with Crippen molar-refractivity contribution in [3.63, 3.8) is 0 Å². The third-order valence-electron chi connectivity index (χ3n) is 4.12. The maximum atomic E-state index is 12.6. The molecule has 3 rings (SSSR count). The van der Waals surface area contributed by atoms with Gasteiger partial charge >= 0.3 is 0 Å². The molecule has 25 heavy (non-hydrogen) atoms. The summed E-state index contributed by atoms with van der Waals surface area (Å²) < 4.78 is 28.1. The van der Waals surface area contributed by atoms with Gasteiger partial charge in [0.25, 0.3) is 0 Å². The predicted octanol–water partition coefficient (Wildman–Crippen LogP) is 3.42. The van der Waals surface area contributed by atoms with Crippen LogP contribution in [0, 0.1) is 0 Å². The monoisotopic (exact) mass is 486 g/mol. The van der Waals surface area contributed by atoms with Gasteiger partial charge in [0.15, 0.2) is 0 Å². The summed E-state index contributed by atoms with van der Waals surface area (Å²) in [6, 6.07) is 12.1. The Labute approximate surface area is 163 Å². The Bertz CT molecular complexity index is 914. The highest BCUT2D eigenvalue weighted by Crippen LogP contribution is 2.30. The number of likely N-dealkylation sites (N-methyl/N-ethyl adjacent to an activating group) is 1. The molecule has 0 N–H and O–H groups in total. The normalized spacial score (nSPS) is 14.0. The van der Waals surface area contributed by atoms with E-state index in [0.29, 0.717) is 6.54 Å². The van der Waals surface area contributed by atoms with Gasteiger partial charge < -0.3 is 4.90 Å². The van der Waals surface area contributed by atoms with Gasteiger partial charge in [-0.05, 0) is 54.4 Å². The summed E-state index contributed by atoms with van der Waals surface area (Å²) in [5.74, 6) is -0.232. The van der Waals surface area contributed by atoms with Crippen molar-refractivity contribution in [1.82, 2.24) is 4.31 Å². The van der Waals surface area contributed by atoms with Crippen LogP contribution in [0.15, 0.2) is 56.3 Å². The van der Waals surface area contributed by atoms with E-state index in [9.17, 15) is 13.2 Å². The second-order valence-corrected chi connectivity index (χ2v) is 9.66. The highest BCUT2D eigenvalue weighted by molar-refractivity contribution is 9.10. The Balaban J connectivity index is 1.76. The number of amides is 1. The van der Waals surface area contributed by atoms with E-state index in [2.05, 4.69) is 31.9 Å². The van der Waals surface area contributed by atoms with Crippen LogP contribution in [-0.4, -0.2) is 38.8 Å². The zero-order chi connectivity index (χ0) is 18.2. The van der Waals surface area contributed by atoms with Crippen molar-refractivity contribution in [3.05, 3.63) is 57.0 Å². The second kappa shape index (κ2) is 7.19. The van der Waals surface area contributed by atoms with E-state index >= 15 is 0 Å². The van der Waals surface area contributed by atoms with Gasteiger partial charge in [0.1, 0.15) is 0 Å². The van der Waals surface area contributed by atoms with Crippen molar-refractivity contribution in [1.29, 1.82) is 0 Å². The first-order valence-corrected chi connectivity index (χ1v) is 10.6. The van der Waals surface area contributed by atoms with Crippen LogP contribution in [0.25, 0.3) is 0 Å². The van der Waals surface area contributed by atoms with Crippen molar-refractivity contribution >= 4 is 53.5 Å². The predicted molar refractivity (Wildman–Crippen MR) is 104 cm³/mol. The molecule has 0 saturated carbocycles. The van der Waals surface area contributed by atoms with Crippen LogP contribution in [0.4, 0.5) is 5.69 Å². The summed E-state index contributed by atoms with van der Waals surface area (Å²) >= 11 is 6.71. The molecule has 0 unspecified atom stereocenters. The summed E-state index contributed by atoms with van der Waals surface area (Å²) in [5, 5.41) is 0. The number of hydrogen-bond acceptors (Lipinski definition) is 3. The minimum Gasteiger partial charge on any atom is -0.311 e. The third kappa shape index (κ3) is 3.81. The molecule has 1 aliphatic rings. The molecule has 5 nitrogen and oxygen atoms in total. The average molecular weight is 488 g/mol. The Hall–Kier alpha value is -1.22. The largest absolute Gasteiger partial charge is 0.311 e. The molecule has 0 fully saturated rings. The number of hydrogen-bond donors (Lipinski definition) is 0. The van der Waals surface area contributed by atoms with E-state index in [1.54, 1.807) is 17.0 Å². The van der Waals surface area contributed by atoms with Crippen molar-refractivity contribution in [2.45, 2.75) is 11.3 Å². The van der Waals surface area contributed by atoms with Crippen LogP contribution in [0.3, 0.4) is 0 Å². The average Bonchev–Trinajstić information content (AvgIpc) is 2.98. The number of halogens is 2. The molecule has 0 atom stereocenters. The Morgan fingerprint density at radius 1 is 1.12 bits per heavy atom. The summed E-state index contributed by atoms with van der Waals surface area (Å²) in [6.45, 7) is 0.366. The van der Waals surface area contributed by atoms with E-state index in [-0.39, 0.29) is 17.3 Å². The Morgan fingerprint density at radius 3 is 2.44 bits per heavy atom. The molecule has 132 valence electrons. The van der Waals surface area contributed by atoms with Crippen molar-refractivity contribution in [2.75, 3.05) is 25.0 Å². The summed E-state index contributed by atoms with van der Waals surface area (Å²) in [4.78, 5) is 14.4. The molecule has 0 aliphatic carbocycles. The van der Waals surface area contributed by atoms with Gasteiger partial charge in [-0.3, -0.25) is 4.79 Å². The maximum absolute atomic E-state index is 12.6. The third-order valence-corrected chi connectivity index (χ3v) is 6.96. The first-order valence-electron chi connectivity index (χ1n) is 7.60. The molecule has 0 bridgehead atoms. The molecule has 2 aromatic carbocycles. The lowest BCUT2D eigenvalue weighted by atomic mass is 10.2. The van der Waals surface area contributed by atoms with Gasteiger partial charge in [-0.15, -0.1) is 0 Å². The minimum absolute atomic E-state index is 0.164. The number of anilines is 1. The lowest BCUT2D eigenvalue weighted by Crippen LogP contribution is -2.40. The van der Waals surface area contributed by atoms with Gasteiger partial charge in [-0.1, -0.05) is 31.9 Å². The number of sulfonamides is 1. The SMILES string of the molecule is CN(CC(=O)N1CCc2cc(Br)ccc21)S(=O)(=O)c1ccc(Br)cc1. The van der Waals surface area contributed by atoms with Gasteiger partial charge in [-0.2, -0.15) is 4.31 Å². The Morgan fingerprint density at radius 2 is 1.76 bits per heavy atom. The Kier molecular flexibility index (Phi) is 5.34. The molecule has 1 amide bonds. The lowest BCUT2D eigenvalue weighted by Gasteiger charge is -2.22. The van der Waals surface area contributed by atoms with Crippen LogP contribution in [0.1, 0.15) is 5.56 Å². The zero-order valence-corrected chi connectivity index (χ0v) is 17.4. The molecule has 1 heterocycles. The molecule has 1 aliphatic heterocycles. The van der Waals surface area contributed by atoms with Crippen molar-refractivity contribution < 1.29 is 13.2 Å². The second-order valence-electron chi connectivity index (χ2n) is 5.78. The number of nitrogens with zero attached hydrogens (tertiary/aromatic N) is 2. The van der Waals surface area contributed by atoms with Crippen LogP contribution >= 0.6 is 31.9 Å². The van der Waals surface area contributed by atoms with E-state index in [1.807, 2.05) is 18.2 Å². The van der Waals surface area contributed by atoms with E-state index < -0.39 is 10.0 Å². The number of benzene rings is 2. The minimum atomic E-state index is -3.71. The first kappa shape index (κ1) is 18.6. The smallest absolute Gasteiger partial charge is 0.243 e. The van der Waals surface area contributed by atoms with E-state index in [0.717, 1.165) is 30.9 Å². The molecule has 0 radical (unpaired) electrons. The molecule has 0 saturated heterocycles. The van der Waals surface area contributed by atoms with Crippen LogP contribution in [-0.2, 0) is 21.2 Å². The quantitative estimate of drug-likeness (QED) is 0.663. The number of fused-ring (bicyclic) bond motifs is 1. The molecule has 0 spiro atoms. The maximum Gasteiger partial charge on any atom is 0.243 e. The van der Waals surface area contributed by atoms with E-state index in [4.69, 9.17) is 0 Å². The summed E-state index contributed by atoms with van der Waals surface area (Å²) in [5.41, 5.74) is 1.93. The van der Waals surface area contributed by atoms with Crippen LogP contribution in [0.2, 0.25) is 0 Å². The summed E-state index contributed by atoms with van der Waals surface area (Å²) in [6.07, 6.45) is 0.768. The van der Waals surface area contributed by atoms with Gasteiger partial charge in [0.2, 0.25) is 15.9 Å². The molecule has 0 aromatic heterocycles. The number of rotatable bonds is 4. The topological polar surface area (TPSA) is 57.7 Å². The van der Waals surface area contributed by atoms with Crippen LogP contribution < -0.4 is 4.90 Å². The zero-order valence-electron chi connectivity index (χ0n) is 13.4. The molecule has 2 aromatic rings. The fourth-order valence-electron chi connectivity index (χ4n) is 2.78. The summed E-state index contributed by atoms with van der Waals surface area (Å²) in [7, 11) is -2.28. The van der Waals surface area contributed by atoms with E-state index in [1.165, 1.54) is 19.2 Å². The standard InChI is InChI=1S/C17H16Br2N2O3S/c1-20(25(23,24)15-5-2-13(18)3-6-15)11-17(22)21-9-8-12-10-14(19)4-7-16(12)21/h2-7,10H,8-9,11H2,1H3. The highest BCUT2D eigenvalue weighted by atomic mass is 79.9. The van der Waals surface area contributed by atoms with Gasteiger partial charge in [0.05, 0.1) is 11.4 Å². The van der Waals surface area contributed by atoms with Gasteiger partial charge in [-0.25, -0.2) is 8.42 Å². The highest BCUT2D eigenvalue weighted by Gasteiger charge is 2.29. The van der Waals surface area contributed by atoms with Crippen molar-refractivity contribution in [3.8, 4) is 0 Å². The number of carbonyl (C=O) groups excluding carboxylic acids is 1. The molecular formula is C17H16Br2N2O3S. The fraction of sp³-hybridized carbons (Fsp3) is 0.235.